The average Bonchev–Trinajstić information content (AvgIpc) is 2.80. The van der Waals surface area contributed by atoms with Crippen LogP contribution in [0.25, 0.3) is 5.69 Å². The first-order valence-corrected chi connectivity index (χ1v) is 6.74. The van der Waals surface area contributed by atoms with Crippen LogP contribution in [0.3, 0.4) is 0 Å². The van der Waals surface area contributed by atoms with Gasteiger partial charge in [0.2, 0.25) is 0 Å². The zero-order chi connectivity index (χ0) is 13.4. The normalized spacial score (nSPS) is 13.3. The Bertz CT molecular complexity index is 650. The Morgan fingerprint density at radius 1 is 1.21 bits per heavy atom. The van der Waals surface area contributed by atoms with E-state index in [4.69, 9.17) is 9.47 Å². The Hall–Kier alpha value is -1.70. The number of fused-ring (bicyclic) bond motifs is 1. The molecule has 5 nitrogen and oxygen atoms in total. The number of aromatic carboxylic acids is 1. The lowest BCUT2D eigenvalue weighted by molar-refractivity contribution is 0.0688. The number of halogens is 1. The largest absolute Gasteiger partial charge is 0.486 e. The Balaban J connectivity index is 2.09. The van der Waals surface area contributed by atoms with Gasteiger partial charge in [0.05, 0.1) is 0 Å². The van der Waals surface area contributed by atoms with Gasteiger partial charge >= 0.3 is 5.97 Å². The van der Waals surface area contributed by atoms with Gasteiger partial charge in [-0.05, 0) is 40.8 Å². The van der Waals surface area contributed by atoms with E-state index < -0.39 is 5.97 Å². The second-order valence-electron chi connectivity index (χ2n) is 4.05. The van der Waals surface area contributed by atoms with Crippen molar-refractivity contribution in [3.63, 3.8) is 0 Å². The van der Waals surface area contributed by atoms with E-state index in [2.05, 4.69) is 22.6 Å². The summed E-state index contributed by atoms with van der Waals surface area (Å²) in [5.74, 6) is 0.371. The molecule has 2 aromatic rings. The van der Waals surface area contributed by atoms with Gasteiger partial charge < -0.3 is 19.1 Å². The van der Waals surface area contributed by atoms with Gasteiger partial charge in [-0.1, -0.05) is 0 Å². The van der Waals surface area contributed by atoms with E-state index >= 15 is 0 Å². The van der Waals surface area contributed by atoms with E-state index in [-0.39, 0.29) is 5.69 Å². The first kappa shape index (κ1) is 12.3. The number of ether oxygens (including phenoxy) is 2. The third-order valence-electron chi connectivity index (χ3n) is 2.81. The maximum absolute atomic E-state index is 11.2. The molecule has 1 aromatic carbocycles. The lowest BCUT2D eigenvalue weighted by Gasteiger charge is -2.19. The van der Waals surface area contributed by atoms with Crippen LogP contribution in [-0.2, 0) is 0 Å². The lowest BCUT2D eigenvalue weighted by Crippen LogP contribution is -2.15. The maximum Gasteiger partial charge on any atom is 0.352 e. The quantitative estimate of drug-likeness (QED) is 0.825. The van der Waals surface area contributed by atoms with Crippen molar-refractivity contribution in [2.45, 2.75) is 0 Å². The molecule has 98 valence electrons. The monoisotopic (exact) mass is 371 g/mol. The van der Waals surface area contributed by atoms with Gasteiger partial charge in [0.15, 0.2) is 11.5 Å². The van der Waals surface area contributed by atoms with Gasteiger partial charge in [-0.3, -0.25) is 0 Å². The highest BCUT2D eigenvalue weighted by molar-refractivity contribution is 14.1. The molecule has 3 rings (SSSR count). The fourth-order valence-electron chi connectivity index (χ4n) is 1.99. The SMILES string of the molecule is O=C(O)c1cc(I)cn1-c1ccc2c(c1)OCCO2. The predicted molar refractivity (Wildman–Crippen MR) is 76.4 cm³/mol. The molecule has 0 amide bonds. The average molecular weight is 371 g/mol. The number of rotatable bonds is 2. The summed E-state index contributed by atoms with van der Waals surface area (Å²) in [6.45, 7) is 1.04. The maximum atomic E-state index is 11.2. The second-order valence-corrected chi connectivity index (χ2v) is 5.29. The number of carbonyl (C=O) groups is 1. The summed E-state index contributed by atoms with van der Waals surface area (Å²) in [6.07, 6.45) is 1.77. The Morgan fingerprint density at radius 2 is 1.95 bits per heavy atom. The number of hydrogen-bond acceptors (Lipinski definition) is 3. The van der Waals surface area contributed by atoms with Crippen molar-refractivity contribution in [3.05, 3.63) is 39.7 Å². The number of carboxylic acid groups (broad SMARTS) is 1. The molecule has 1 aliphatic rings. The molecule has 0 radical (unpaired) electrons. The molecule has 0 unspecified atom stereocenters. The number of hydrogen-bond donors (Lipinski definition) is 1. The number of benzene rings is 1. The standard InChI is InChI=1S/C13H10INO4/c14-8-5-10(13(16)17)15(7-8)9-1-2-11-12(6-9)19-4-3-18-11/h1-2,5-7H,3-4H2,(H,16,17). The predicted octanol–water partition coefficient (Wildman–Crippen LogP) is 2.55. The molecule has 0 atom stereocenters. The van der Waals surface area contributed by atoms with E-state index in [0.717, 1.165) is 9.26 Å². The fourth-order valence-corrected chi connectivity index (χ4v) is 2.56. The Morgan fingerprint density at radius 3 is 2.68 bits per heavy atom. The molecule has 0 bridgehead atoms. The third-order valence-corrected chi connectivity index (χ3v) is 3.40. The van der Waals surface area contributed by atoms with E-state index in [1.54, 1.807) is 29.0 Å². The van der Waals surface area contributed by atoms with Crippen LogP contribution >= 0.6 is 22.6 Å². The molecular formula is C13H10INO4. The third kappa shape index (κ3) is 2.27. The topological polar surface area (TPSA) is 60.7 Å². The van der Waals surface area contributed by atoms with Crippen LogP contribution in [-0.4, -0.2) is 28.9 Å². The first-order chi connectivity index (χ1) is 9.15. The molecule has 0 aliphatic carbocycles. The highest BCUT2D eigenvalue weighted by atomic mass is 127. The van der Waals surface area contributed by atoms with E-state index in [9.17, 15) is 9.90 Å². The highest BCUT2D eigenvalue weighted by Gasteiger charge is 2.16. The van der Waals surface area contributed by atoms with E-state index in [1.165, 1.54) is 0 Å². The van der Waals surface area contributed by atoms with Gasteiger partial charge in [0.1, 0.15) is 18.9 Å². The van der Waals surface area contributed by atoms with Crippen molar-refractivity contribution < 1.29 is 19.4 Å². The number of nitrogens with zero attached hydrogens (tertiary/aromatic N) is 1. The van der Waals surface area contributed by atoms with Gasteiger partial charge in [-0.25, -0.2) is 4.79 Å². The van der Waals surface area contributed by atoms with Crippen LogP contribution in [0.15, 0.2) is 30.5 Å². The molecule has 0 fully saturated rings. The smallest absolute Gasteiger partial charge is 0.352 e. The second kappa shape index (κ2) is 4.76. The van der Waals surface area contributed by atoms with Crippen molar-refractivity contribution in [1.29, 1.82) is 0 Å². The van der Waals surface area contributed by atoms with Crippen molar-refractivity contribution in [2.75, 3.05) is 13.2 Å². The van der Waals surface area contributed by atoms with Gasteiger partial charge in [0.25, 0.3) is 0 Å². The summed E-state index contributed by atoms with van der Waals surface area (Å²) in [5.41, 5.74) is 0.964. The van der Waals surface area contributed by atoms with Crippen molar-refractivity contribution in [1.82, 2.24) is 4.57 Å². The molecule has 19 heavy (non-hydrogen) atoms. The summed E-state index contributed by atoms with van der Waals surface area (Å²) in [4.78, 5) is 11.2. The zero-order valence-electron chi connectivity index (χ0n) is 9.80. The summed E-state index contributed by atoms with van der Waals surface area (Å²) in [6, 6.07) is 7.02. The molecule has 1 aliphatic heterocycles. The Labute approximate surface area is 122 Å². The first-order valence-electron chi connectivity index (χ1n) is 5.66. The van der Waals surface area contributed by atoms with Gasteiger partial charge in [-0.15, -0.1) is 0 Å². The van der Waals surface area contributed by atoms with Gasteiger partial charge in [-0.2, -0.15) is 0 Å². The highest BCUT2D eigenvalue weighted by Crippen LogP contribution is 2.32. The molecule has 1 aromatic heterocycles. The molecule has 2 heterocycles. The van der Waals surface area contributed by atoms with Crippen LogP contribution in [0.1, 0.15) is 10.5 Å². The molecule has 0 saturated heterocycles. The van der Waals surface area contributed by atoms with Crippen molar-refractivity contribution in [3.8, 4) is 17.2 Å². The van der Waals surface area contributed by atoms with Crippen LogP contribution in [0.2, 0.25) is 0 Å². The summed E-state index contributed by atoms with van der Waals surface area (Å²) in [7, 11) is 0. The zero-order valence-corrected chi connectivity index (χ0v) is 12.0. The molecule has 0 saturated carbocycles. The minimum Gasteiger partial charge on any atom is -0.486 e. The number of carboxylic acids is 1. The molecule has 6 heteroatoms. The van der Waals surface area contributed by atoms with Crippen LogP contribution in [0.5, 0.6) is 11.5 Å². The van der Waals surface area contributed by atoms with Gasteiger partial charge in [0, 0.05) is 21.5 Å². The van der Waals surface area contributed by atoms with Crippen LogP contribution in [0.4, 0.5) is 0 Å². The lowest BCUT2D eigenvalue weighted by atomic mass is 10.2. The van der Waals surface area contributed by atoms with Crippen molar-refractivity contribution >= 4 is 28.6 Å². The minimum atomic E-state index is -0.960. The molecular weight excluding hydrogens is 361 g/mol. The summed E-state index contributed by atoms with van der Waals surface area (Å²) in [5, 5.41) is 9.20. The fraction of sp³-hybridized carbons (Fsp3) is 0.154. The van der Waals surface area contributed by atoms with Crippen LogP contribution < -0.4 is 9.47 Å². The molecule has 1 N–H and O–H groups in total. The van der Waals surface area contributed by atoms with E-state index in [0.29, 0.717) is 24.7 Å². The van der Waals surface area contributed by atoms with E-state index in [1.807, 2.05) is 6.07 Å². The minimum absolute atomic E-state index is 0.223. The summed E-state index contributed by atoms with van der Waals surface area (Å²) < 4.78 is 13.4. The Kier molecular flexibility index (Phi) is 3.09. The molecule has 0 spiro atoms. The van der Waals surface area contributed by atoms with Crippen molar-refractivity contribution in [2.24, 2.45) is 0 Å². The van der Waals surface area contributed by atoms with Crippen LogP contribution in [0, 0.1) is 3.57 Å². The summed E-state index contributed by atoms with van der Waals surface area (Å²) >= 11 is 2.09. The number of aromatic nitrogens is 1.